The molecule has 8 nitrogen and oxygen atoms in total. The number of carbonyl (C=O) groups excluding carboxylic acids is 2. The average Bonchev–Trinajstić information content (AvgIpc) is 2.77. The molecule has 0 heterocycles. The summed E-state index contributed by atoms with van der Waals surface area (Å²) in [5.74, 6) is -0.266. The van der Waals surface area contributed by atoms with Gasteiger partial charge < -0.3 is 29.5 Å². The van der Waals surface area contributed by atoms with Crippen LogP contribution >= 0.6 is 0 Å². The zero-order valence-electron chi connectivity index (χ0n) is 18.7. The average molecular weight is 449 g/mol. The lowest BCUT2D eigenvalue weighted by molar-refractivity contribution is -0.153. The molecule has 0 fully saturated rings. The molecule has 0 aliphatic rings. The molecule has 2 unspecified atom stereocenters. The number of ether oxygens (including phenoxy) is 3. The number of hydrogen-bond acceptors (Lipinski definition) is 8. The zero-order valence-corrected chi connectivity index (χ0v) is 18.7. The zero-order chi connectivity index (χ0) is 23.9. The summed E-state index contributed by atoms with van der Waals surface area (Å²) in [6, 6.07) is 13.6. The van der Waals surface area contributed by atoms with Gasteiger partial charge in [-0.25, -0.2) is 9.59 Å². The highest BCUT2D eigenvalue weighted by Gasteiger charge is 2.17. The van der Waals surface area contributed by atoms with Crippen molar-refractivity contribution in [2.24, 2.45) is 0 Å². The molecule has 2 rings (SSSR count). The minimum Gasteiger partial charge on any atom is -0.508 e. The van der Waals surface area contributed by atoms with Crippen molar-refractivity contribution in [1.82, 2.24) is 0 Å². The third kappa shape index (κ3) is 10.3. The summed E-state index contributed by atoms with van der Waals surface area (Å²) < 4.78 is 14.7. The summed E-state index contributed by atoms with van der Waals surface area (Å²) in [4.78, 5) is 22.3. The lowest BCUT2D eigenvalue weighted by Crippen LogP contribution is -2.25. The van der Waals surface area contributed by atoms with Crippen LogP contribution < -0.4 is 4.74 Å². The summed E-state index contributed by atoms with van der Waals surface area (Å²) in [6.07, 6.45) is -1.80. The van der Waals surface area contributed by atoms with Crippen LogP contribution in [0.1, 0.15) is 31.9 Å². The third-order valence-electron chi connectivity index (χ3n) is 4.15. The normalized spacial score (nSPS) is 12.0. The van der Waals surface area contributed by atoms with Crippen molar-refractivity contribution < 1.29 is 39.1 Å². The second-order valence-corrected chi connectivity index (χ2v) is 6.69. The summed E-state index contributed by atoms with van der Waals surface area (Å²) in [7, 11) is 0. The van der Waals surface area contributed by atoms with E-state index in [1.807, 2.05) is 31.2 Å². The molecular weight excluding hydrogens is 416 g/mol. The fraction of sp³-hybridized carbons (Fsp3) is 0.417. The van der Waals surface area contributed by atoms with Gasteiger partial charge in [0.25, 0.3) is 0 Å². The van der Waals surface area contributed by atoms with E-state index in [2.05, 4.69) is 4.74 Å². The van der Waals surface area contributed by atoms with Crippen molar-refractivity contribution in [3.8, 4) is 11.5 Å². The largest absolute Gasteiger partial charge is 0.508 e. The molecular formula is C24H32O8. The van der Waals surface area contributed by atoms with Gasteiger partial charge in [-0.2, -0.15) is 0 Å². The number of hydrogen-bond donors (Lipinski definition) is 3. The van der Waals surface area contributed by atoms with Crippen molar-refractivity contribution in [2.75, 3.05) is 19.8 Å². The molecule has 3 N–H and O–H groups in total. The molecule has 0 radical (unpaired) electrons. The predicted molar refractivity (Wildman–Crippen MR) is 118 cm³/mol. The number of aromatic hydroxyl groups is 1. The molecule has 32 heavy (non-hydrogen) atoms. The van der Waals surface area contributed by atoms with E-state index in [0.717, 1.165) is 16.9 Å². The quantitative estimate of drug-likeness (QED) is 0.474. The molecule has 0 saturated heterocycles. The molecule has 0 aromatic heterocycles. The van der Waals surface area contributed by atoms with Gasteiger partial charge in [-0.3, -0.25) is 0 Å². The summed E-state index contributed by atoms with van der Waals surface area (Å²) in [5.41, 5.74) is 1.64. The highest BCUT2D eigenvalue weighted by molar-refractivity contribution is 5.75. The first-order chi connectivity index (χ1) is 15.3. The predicted octanol–water partition coefficient (Wildman–Crippen LogP) is 2.41. The third-order valence-corrected chi connectivity index (χ3v) is 4.15. The maximum absolute atomic E-state index is 11.2. The van der Waals surface area contributed by atoms with Gasteiger partial charge in [-0.1, -0.05) is 24.3 Å². The van der Waals surface area contributed by atoms with Crippen molar-refractivity contribution in [1.29, 1.82) is 0 Å². The Balaban J connectivity index is 0.000000323. The molecule has 0 amide bonds. The molecule has 0 bridgehead atoms. The van der Waals surface area contributed by atoms with E-state index in [-0.39, 0.29) is 31.8 Å². The molecule has 0 saturated carbocycles. The van der Waals surface area contributed by atoms with Crippen molar-refractivity contribution in [3.05, 3.63) is 59.7 Å². The van der Waals surface area contributed by atoms with E-state index < -0.39 is 24.1 Å². The van der Waals surface area contributed by atoms with Crippen LogP contribution in [0.5, 0.6) is 11.5 Å². The molecule has 0 spiro atoms. The molecule has 0 aliphatic heterocycles. The Bertz CT molecular complexity index is 802. The minimum atomic E-state index is -1.14. The number of esters is 2. The van der Waals surface area contributed by atoms with Crippen molar-refractivity contribution in [3.63, 3.8) is 0 Å². The fourth-order valence-corrected chi connectivity index (χ4v) is 2.61. The Morgan fingerprint density at radius 1 is 0.719 bits per heavy atom. The number of aliphatic hydroxyl groups is 2. The number of aliphatic hydroxyl groups excluding tert-OH is 2. The van der Waals surface area contributed by atoms with Gasteiger partial charge in [-0.15, -0.1) is 0 Å². The van der Waals surface area contributed by atoms with Gasteiger partial charge in [0.15, 0.2) is 12.2 Å². The topological polar surface area (TPSA) is 123 Å². The van der Waals surface area contributed by atoms with Crippen LogP contribution in [-0.4, -0.2) is 59.3 Å². The first-order valence-corrected chi connectivity index (χ1v) is 10.5. The van der Waals surface area contributed by atoms with Crippen LogP contribution in [0.4, 0.5) is 0 Å². The van der Waals surface area contributed by atoms with Gasteiger partial charge in [0, 0.05) is 12.8 Å². The highest BCUT2D eigenvalue weighted by atomic mass is 16.5. The van der Waals surface area contributed by atoms with E-state index in [9.17, 15) is 19.8 Å². The maximum Gasteiger partial charge on any atom is 0.335 e. The second kappa shape index (κ2) is 14.8. The van der Waals surface area contributed by atoms with Gasteiger partial charge >= 0.3 is 11.9 Å². The molecule has 2 aromatic carbocycles. The number of rotatable bonds is 10. The van der Waals surface area contributed by atoms with E-state index >= 15 is 0 Å². The first-order valence-electron chi connectivity index (χ1n) is 10.5. The van der Waals surface area contributed by atoms with Crippen LogP contribution in [0.3, 0.4) is 0 Å². The number of phenolic OH excluding ortho intramolecular Hbond substituents is 1. The monoisotopic (exact) mass is 448 g/mol. The second-order valence-electron chi connectivity index (χ2n) is 6.69. The Morgan fingerprint density at radius 2 is 1.12 bits per heavy atom. The lowest BCUT2D eigenvalue weighted by Gasteiger charge is -2.10. The maximum atomic E-state index is 11.2. The van der Waals surface area contributed by atoms with Crippen LogP contribution in [0.15, 0.2) is 48.5 Å². The van der Waals surface area contributed by atoms with Crippen LogP contribution in [0.2, 0.25) is 0 Å². The van der Waals surface area contributed by atoms with Gasteiger partial charge in [-0.05, 0) is 56.2 Å². The van der Waals surface area contributed by atoms with E-state index in [0.29, 0.717) is 6.61 Å². The van der Waals surface area contributed by atoms with E-state index in [1.165, 1.54) is 12.1 Å². The van der Waals surface area contributed by atoms with E-state index in [1.54, 1.807) is 26.0 Å². The minimum absolute atomic E-state index is 0.157. The van der Waals surface area contributed by atoms with Gasteiger partial charge in [0.05, 0.1) is 19.8 Å². The standard InChI is InChI=1S/C13H18O4.C11H14O4/c1-3-16-11-7-5-10(6-8-11)9-12(14)13(15)17-4-2;1-2-15-11(14)10(13)7-8-3-5-9(12)6-4-8/h5-8,12,14H,3-4,9H2,1-2H3;3-6,10,12-13H,2,7H2,1H3. The Hall–Kier alpha value is -3.10. The molecule has 2 aromatic rings. The smallest absolute Gasteiger partial charge is 0.335 e. The summed E-state index contributed by atoms with van der Waals surface area (Å²) >= 11 is 0. The molecule has 176 valence electrons. The highest BCUT2D eigenvalue weighted by Crippen LogP contribution is 2.14. The summed E-state index contributed by atoms with van der Waals surface area (Å²) in [6.45, 7) is 6.46. The number of phenols is 1. The summed E-state index contributed by atoms with van der Waals surface area (Å²) in [5, 5.41) is 28.0. The Kier molecular flexibility index (Phi) is 12.5. The molecule has 2 atom stereocenters. The molecule has 8 heteroatoms. The van der Waals surface area contributed by atoms with Crippen molar-refractivity contribution in [2.45, 2.75) is 45.8 Å². The van der Waals surface area contributed by atoms with Crippen molar-refractivity contribution >= 4 is 11.9 Å². The van der Waals surface area contributed by atoms with Gasteiger partial charge in [0.2, 0.25) is 0 Å². The van der Waals surface area contributed by atoms with Crippen LogP contribution in [-0.2, 0) is 31.9 Å². The SMILES string of the molecule is CCOC(=O)C(O)Cc1ccc(O)cc1.CCOC(=O)C(O)Cc1ccc(OCC)cc1. The van der Waals surface area contributed by atoms with E-state index in [4.69, 9.17) is 14.6 Å². The van der Waals surface area contributed by atoms with Gasteiger partial charge in [0.1, 0.15) is 11.5 Å². The Morgan fingerprint density at radius 3 is 1.50 bits per heavy atom. The lowest BCUT2D eigenvalue weighted by atomic mass is 10.1. The van der Waals surface area contributed by atoms with Crippen LogP contribution in [0, 0.1) is 0 Å². The Labute approximate surface area is 188 Å². The fourth-order valence-electron chi connectivity index (χ4n) is 2.61. The van der Waals surface area contributed by atoms with Crippen LogP contribution in [0.25, 0.3) is 0 Å². The number of carbonyl (C=O) groups is 2. The first kappa shape index (κ1) is 26.9. The number of benzene rings is 2. The molecule has 0 aliphatic carbocycles.